The molecule has 2 nitrogen and oxygen atoms in total. The number of rotatable bonds is 2. The number of allylic oxidation sites excluding steroid dienone is 2. The fraction of sp³-hybridized carbons (Fsp3) is 0.0833. The van der Waals surface area contributed by atoms with Gasteiger partial charge in [-0.05, 0) is 24.4 Å². The Balaban J connectivity index is 2.37. The highest BCUT2D eigenvalue weighted by atomic mass is 15.1. The van der Waals surface area contributed by atoms with Gasteiger partial charge in [0.2, 0.25) is 0 Å². The highest BCUT2D eigenvalue weighted by molar-refractivity contribution is 5.64. The first-order valence-electron chi connectivity index (χ1n) is 4.59. The van der Waals surface area contributed by atoms with Crippen LogP contribution in [0.4, 0.5) is 0 Å². The lowest BCUT2D eigenvalue weighted by atomic mass is 10.2. The van der Waals surface area contributed by atoms with Crippen LogP contribution in [0.2, 0.25) is 0 Å². The molecule has 0 saturated carbocycles. The second-order valence-electron chi connectivity index (χ2n) is 3.03. The van der Waals surface area contributed by atoms with Crippen LogP contribution in [-0.2, 0) is 0 Å². The maximum absolute atomic E-state index is 4.31. The summed E-state index contributed by atoms with van der Waals surface area (Å²) in [7, 11) is 0. The Morgan fingerprint density at radius 2 is 2.36 bits per heavy atom. The number of pyridine rings is 1. The van der Waals surface area contributed by atoms with Crippen LogP contribution < -0.4 is 0 Å². The Kier molecular flexibility index (Phi) is 2.45. The van der Waals surface area contributed by atoms with Crippen molar-refractivity contribution in [2.24, 2.45) is 0 Å². The molecule has 0 fully saturated rings. The van der Waals surface area contributed by atoms with Crippen LogP contribution in [0, 0.1) is 0 Å². The van der Waals surface area contributed by atoms with Crippen molar-refractivity contribution in [1.29, 1.82) is 0 Å². The summed E-state index contributed by atoms with van der Waals surface area (Å²) in [5.74, 6) is 0. The van der Waals surface area contributed by atoms with Gasteiger partial charge in [0.1, 0.15) is 0 Å². The lowest BCUT2D eigenvalue weighted by Crippen LogP contribution is -2.17. The molecule has 2 rings (SSSR count). The number of nitrogens with zero attached hydrogens (tertiary/aromatic N) is 2. The standard InChI is InChI=1S/C12H12N2/c1-2-14-10-6-4-8-12(14)11-7-3-5-9-13-11/h2-9H,1,10H2. The minimum Gasteiger partial charge on any atom is -0.343 e. The minimum absolute atomic E-state index is 0.867. The summed E-state index contributed by atoms with van der Waals surface area (Å²) in [6.07, 6.45) is 9.81. The van der Waals surface area contributed by atoms with E-state index in [1.807, 2.05) is 36.6 Å². The van der Waals surface area contributed by atoms with Crippen molar-refractivity contribution in [2.45, 2.75) is 0 Å². The lowest BCUT2D eigenvalue weighted by Gasteiger charge is -2.23. The van der Waals surface area contributed by atoms with Gasteiger partial charge in [0, 0.05) is 12.7 Å². The molecule has 0 saturated heterocycles. The highest BCUT2D eigenvalue weighted by Gasteiger charge is 2.09. The zero-order chi connectivity index (χ0) is 9.80. The van der Waals surface area contributed by atoms with Gasteiger partial charge in [-0.15, -0.1) is 0 Å². The SMILES string of the molecule is C=CN1CC=CC=C1c1ccccn1. The Morgan fingerprint density at radius 1 is 1.43 bits per heavy atom. The fourth-order valence-corrected chi connectivity index (χ4v) is 1.45. The third-order valence-corrected chi connectivity index (χ3v) is 2.15. The maximum Gasteiger partial charge on any atom is 0.0866 e. The average molecular weight is 184 g/mol. The predicted molar refractivity (Wildman–Crippen MR) is 58.3 cm³/mol. The highest BCUT2D eigenvalue weighted by Crippen LogP contribution is 2.19. The van der Waals surface area contributed by atoms with E-state index >= 15 is 0 Å². The molecule has 2 heteroatoms. The smallest absolute Gasteiger partial charge is 0.0866 e. The van der Waals surface area contributed by atoms with Crippen LogP contribution in [0.3, 0.4) is 0 Å². The third-order valence-electron chi connectivity index (χ3n) is 2.15. The van der Waals surface area contributed by atoms with Gasteiger partial charge in [-0.3, -0.25) is 4.98 Å². The van der Waals surface area contributed by atoms with E-state index in [0.717, 1.165) is 17.9 Å². The van der Waals surface area contributed by atoms with E-state index in [0.29, 0.717) is 0 Å². The largest absolute Gasteiger partial charge is 0.343 e. The van der Waals surface area contributed by atoms with E-state index in [9.17, 15) is 0 Å². The predicted octanol–water partition coefficient (Wildman–Crippen LogP) is 2.44. The number of hydrogen-bond acceptors (Lipinski definition) is 2. The molecule has 0 unspecified atom stereocenters. The van der Waals surface area contributed by atoms with Gasteiger partial charge in [-0.25, -0.2) is 0 Å². The third kappa shape index (κ3) is 1.59. The van der Waals surface area contributed by atoms with Crippen LogP contribution in [0.25, 0.3) is 5.70 Å². The molecule has 0 spiro atoms. The zero-order valence-electron chi connectivity index (χ0n) is 7.93. The van der Waals surface area contributed by atoms with Crippen molar-refractivity contribution < 1.29 is 0 Å². The quantitative estimate of drug-likeness (QED) is 0.701. The van der Waals surface area contributed by atoms with Gasteiger partial charge in [0.05, 0.1) is 11.4 Å². The first-order chi connectivity index (χ1) is 6.92. The maximum atomic E-state index is 4.31. The van der Waals surface area contributed by atoms with E-state index in [1.54, 1.807) is 6.20 Å². The summed E-state index contributed by atoms with van der Waals surface area (Å²) < 4.78 is 0. The zero-order valence-corrected chi connectivity index (χ0v) is 7.93. The molecule has 2 heterocycles. The normalized spacial score (nSPS) is 15.1. The van der Waals surface area contributed by atoms with Crippen molar-refractivity contribution in [2.75, 3.05) is 6.54 Å². The van der Waals surface area contributed by atoms with E-state index in [1.165, 1.54) is 0 Å². The molecule has 0 N–H and O–H groups in total. The van der Waals surface area contributed by atoms with Crippen LogP contribution in [-0.4, -0.2) is 16.4 Å². The fourth-order valence-electron chi connectivity index (χ4n) is 1.45. The first-order valence-corrected chi connectivity index (χ1v) is 4.59. The van der Waals surface area contributed by atoms with Gasteiger partial charge in [0.25, 0.3) is 0 Å². The van der Waals surface area contributed by atoms with Gasteiger partial charge < -0.3 is 4.90 Å². The molecule has 0 amide bonds. The second-order valence-corrected chi connectivity index (χ2v) is 3.03. The molecule has 0 aliphatic carbocycles. The molecule has 0 radical (unpaired) electrons. The van der Waals surface area contributed by atoms with Gasteiger partial charge in [-0.2, -0.15) is 0 Å². The van der Waals surface area contributed by atoms with E-state index < -0.39 is 0 Å². The molecule has 70 valence electrons. The minimum atomic E-state index is 0.867. The van der Waals surface area contributed by atoms with Crippen molar-refractivity contribution in [3.05, 3.63) is 61.1 Å². The molecular weight excluding hydrogens is 172 g/mol. The van der Waals surface area contributed by atoms with E-state index in [4.69, 9.17) is 0 Å². The molecular formula is C12H12N2. The Hall–Kier alpha value is -1.83. The summed E-state index contributed by atoms with van der Waals surface area (Å²) in [4.78, 5) is 6.38. The monoisotopic (exact) mass is 184 g/mol. The molecule has 14 heavy (non-hydrogen) atoms. The summed E-state index contributed by atoms with van der Waals surface area (Å²) in [6.45, 7) is 4.65. The lowest BCUT2D eigenvalue weighted by molar-refractivity contribution is 0.586. The molecule has 0 bridgehead atoms. The molecule has 1 aromatic rings. The van der Waals surface area contributed by atoms with Crippen molar-refractivity contribution in [3.8, 4) is 0 Å². The summed E-state index contributed by atoms with van der Waals surface area (Å²) in [5.41, 5.74) is 2.08. The van der Waals surface area contributed by atoms with Gasteiger partial charge in [-0.1, -0.05) is 24.8 Å². The Labute approximate surface area is 83.9 Å². The van der Waals surface area contributed by atoms with Crippen LogP contribution >= 0.6 is 0 Å². The van der Waals surface area contributed by atoms with Gasteiger partial charge >= 0.3 is 0 Å². The molecule has 1 aliphatic heterocycles. The molecule has 1 aliphatic rings. The summed E-state index contributed by atoms with van der Waals surface area (Å²) in [5, 5.41) is 0. The molecule has 1 aromatic heterocycles. The van der Waals surface area contributed by atoms with Gasteiger partial charge in [0.15, 0.2) is 0 Å². The van der Waals surface area contributed by atoms with Crippen LogP contribution in [0.5, 0.6) is 0 Å². The van der Waals surface area contributed by atoms with Crippen molar-refractivity contribution in [1.82, 2.24) is 9.88 Å². The van der Waals surface area contributed by atoms with Crippen molar-refractivity contribution >= 4 is 5.70 Å². The second kappa shape index (κ2) is 3.92. The number of hydrogen-bond donors (Lipinski definition) is 0. The average Bonchev–Trinajstić information content (AvgIpc) is 2.30. The number of aromatic nitrogens is 1. The topological polar surface area (TPSA) is 16.1 Å². The summed E-state index contributed by atoms with van der Waals surface area (Å²) in [6, 6.07) is 5.91. The molecule has 0 atom stereocenters. The molecule has 0 aromatic carbocycles. The summed E-state index contributed by atoms with van der Waals surface area (Å²) >= 11 is 0. The van der Waals surface area contributed by atoms with E-state index in [2.05, 4.69) is 22.5 Å². The van der Waals surface area contributed by atoms with Crippen molar-refractivity contribution in [3.63, 3.8) is 0 Å². The van der Waals surface area contributed by atoms with E-state index in [-0.39, 0.29) is 0 Å². The Morgan fingerprint density at radius 3 is 3.07 bits per heavy atom. The first kappa shape index (κ1) is 8.75. The van der Waals surface area contributed by atoms with Crippen LogP contribution in [0.1, 0.15) is 5.69 Å². The Bertz CT molecular complexity index is 377. The van der Waals surface area contributed by atoms with Crippen LogP contribution in [0.15, 0.2) is 55.4 Å².